The van der Waals surface area contributed by atoms with Gasteiger partial charge in [-0.15, -0.1) is 0 Å². The molecule has 0 aromatic carbocycles. The van der Waals surface area contributed by atoms with Crippen molar-refractivity contribution in [3.05, 3.63) is 0 Å². The number of hydrogen-bond donors (Lipinski definition) is 6. The van der Waals surface area contributed by atoms with Gasteiger partial charge in [0.05, 0.1) is 0 Å². The van der Waals surface area contributed by atoms with E-state index in [4.69, 9.17) is 153 Å². The molecular formula is C30H64Fe4N6Na4O24. The molecule has 0 aromatic heterocycles. The molecule has 0 atom stereocenters. The number of aliphatic carboxylic acids is 12. The summed E-state index contributed by atoms with van der Waals surface area (Å²) < 4.78 is 0. The molecule has 0 aromatic rings. The fourth-order valence-electron chi connectivity index (χ4n) is 0. The molecule has 0 unspecified atom stereocenters. The summed E-state index contributed by atoms with van der Waals surface area (Å²) in [6.07, 6.45) is 0. The van der Waals surface area contributed by atoms with Gasteiger partial charge in [0.2, 0.25) is 0 Å². The number of carbonyl (C=O) groups is 12. The van der Waals surface area contributed by atoms with Gasteiger partial charge in [-0.3, -0.25) is 0 Å². The first-order valence-electron chi connectivity index (χ1n) is 14.8. The summed E-state index contributed by atoms with van der Waals surface area (Å²) in [5.74, 6) is -13.0. The van der Waals surface area contributed by atoms with E-state index in [1.165, 1.54) is 0 Å². The molecule has 4 radical (unpaired) electrons. The van der Waals surface area contributed by atoms with Crippen molar-refractivity contribution < 1.29 is 311 Å². The molecule has 68 heavy (non-hydrogen) atoms. The zero-order valence-corrected chi connectivity index (χ0v) is 53.3. The van der Waals surface area contributed by atoms with Gasteiger partial charge >= 0.3 is 187 Å². The van der Waals surface area contributed by atoms with Crippen LogP contribution in [0.25, 0.3) is 0 Å². The van der Waals surface area contributed by atoms with Crippen LogP contribution in [0.1, 0.15) is 88.8 Å². The number of nitrogens with two attached hydrogens (primary N) is 6. The van der Waals surface area contributed by atoms with E-state index in [0.717, 1.165) is 83.1 Å². The Balaban J connectivity index is -0.0000000119. The number of hydrogen-bond acceptors (Lipinski definition) is 30. The molecule has 0 aliphatic heterocycles. The van der Waals surface area contributed by atoms with E-state index in [1.54, 1.807) is 0 Å². The zero-order valence-electron chi connectivity index (χ0n) is 44.9. The number of carboxylic acid groups (broad SMARTS) is 12. The first-order chi connectivity index (χ1) is 26.5. The van der Waals surface area contributed by atoms with E-state index in [-0.39, 0.29) is 192 Å². The first kappa shape index (κ1) is 151. The fourth-order valence-corrected chi connectivity index (χ4v) is 0. The van der Waals surface area contributed by atoms with E-state index in [0.29, 0.717) is 39.3 Å². The van der Waals surface area contributed by atoms with Gasteiger partial charge in [-0.25, -0.2) is 0 Å². The molecule has 0 rings (SSSR count). The van der Waals surface area contributed by atoms with Crippen molar-refractivity contribution in [1.82, 2.24) is 0 Å². The molecule has 0 aliphatic rings. The Kier molecular flexibility index (Phi) is 367. The van der Waals surface area contributed by atoms with Crippen molar-refractivity contribution in [3.63, 3.8) is 0 Å². The van der Waals surface area contributed by atoms with Crippen LogP contribution in [-0.4, -0.2) is 111 Å². The van der Waals surface area contributed by atoms with Crippen molar-refractivity contribution in [3.8, 4) is 0 Å². The van der Waals surface area contributed by atoms with E-state index in [1.807, 2.05) is 0 Å². The summed E-state index contributed by atoms with van der Waals surface area (Å²) >= 11 is 0. The van der Waals surface area contributed by atoms with E-state index < -0.39 is 71.6 Å². The quantitative estimate of drug-likeness (QED) is 0.143. The van der Waals surface area contributed by atoms with Gasteiger partial charge in [0.25, 0.3) is 0 Å². The summed E-state index contributed by atoms with van der Waals surface area (Å²) in [7, 11) is 0. The average molecular weight is 1210 g/mol. The maximum Gasteiger partial charge on any atom is 3.00 e. The largest absolute Gasteiger partial charge is 3.00 e. The zero-order chi connectivity index (χ0) is 53.2. The summed E-state index contributed by atoms with van der Waals surface area (Å²) in [4.78, 5) is 107. The molecule has 394 valence electrons. The van der Waals surface area contributed by atoms with E-state index >= 15 is 0 Å². The van der Waals surface area contributed by atoms with Crippen molar-refractivity contribution in [1.29, 1.82) is 0 Å². The minimum atomic E-state index is -1.08. The van der Waals surface area contributed by atoms with Crippen LogP contribution in [-0.2, 0) is 126 Å². The molecular weight excluding hydrogens is 1140 g/mol. The molecule has 38 heteroatoms. The van der Waals surface area contributed by atoms with Gasteiger partial charge in [0, 0.05) is 111 Å². The van der Waals surface area contributed by atoms with Crippen molar-refractivity contribution in [2.24, 2.45) is 34.4 Å². The Morgan fingerprint density at radius 2 is 0.235 bits per heavy atom. The predicted molar refractivity (Wildman–Crippen MR) is 187 cm³/mol. The van der Waals surface area contributed by atoms with Gasteiger partial charge in [0.1, 0.15) is 0 Å². The van der Waals surface area contributed by atoms with Crippen LogP contribution >= 0.6 is 0 Å². The second-order valence-corrected chi connectivity index (χ2v) is 7.63. The smallest absolute Gasteiger partial charge is 1.00 e. The van der Waals surface area contributed by atoms with Crippen molar-refractivity contribution >= 4 is 71.6 Å². The standard InChI is InChI=1S/3C2H8N2.12C2H4O2.4Fe.4Na.4H/c3*3-1-2-4;12*1-2(3)4;;;;;;;;;;;;/h3*1-4H2;12*1H3,(H,3,4);;;;;;;;;;;;/q;;;;;;;;;;;;;;;4*+3;4*+1;4*-1/p-12. The Labute approximate surface area is 533 Å². The topological polar surface area (TPSA) is 638 Å². The van der Waals surface area contributed by atoms with Crippen LogP contribution in [0.4, 0.5) is 0 Å². The van der Waals surface area contributed by atoms with Crippen LogP contribution in [0.5, 0.6) is 0 Å². The second kappa shape index (κ2) is 166. The maximum absolute atomic E-state index is 8.89. The third kappa shape index (κ3) is 44300. The Morgan fingerprint density at radius 3 is 0.235 bits per heavy atom. The molecule has 0 aliphatic carbocycles. The minimum Gasteiger partial charge on any atom is -1.00 e. The Morgan fingerprint density at radius 1 is 0.221 bits per heavy atom. The van der Waals surface area contributed by atoms with Crippen molar-refractivity contribution in [2.45, 2.75) is 83.1 Å². The van der Waals surface area contributed by atoms with Crippen LogP contribution in [0.15, 0.2) is 0 Å². The SMILES string of the molecule is CC(=O)[O-].CC(=O)[O-].CC(=O)[O-].CC(=O)[O-].CC(=O)[O-].CC(=O)[O-].CC(=O)[O-].CC(=O)[O-].CC(=O)[O-].CC(=O)[O-].CC(=O)[O-].CC(=O)[O-].NCCN.NCCN.NCCN.[Fe+3].[Fe+3].[Fe+3].[Fe+3].[H-].[H-].[H-].[H-].[Na+].[Na+].[Na+].[Na+]. The summed E-state index contributed by atoms with van der Waals surface area (Å²) in [6, 6.07) is 0. The van der Waals surface area contributed by atoms with Crippen LogP contribution in [0.2, 0.25) is 0 Å². The van der Waals surface area contributed by atoms with E-state index in [2.05, 4.69) is 0 Å². The Bertz CT molecular complexity index is 758. The molecule has 0 saturated carbocycles. The summed E-state index contributed by atoms with van der Waals surface area (Å²) in [5.41, 5.74) is 29.4. The van der Waals surface area contributed by atoms with Gasteiger partial charge < -0.3 is 159 Å². The number of carboxylic acids is 12. The third-order valence-corrected chi connectivity index (χ3v) is 0.500. The van der Waals surface area contributed by atoms with Gasteiger partial charge in [-0.05, 0) is 83.1 Å². The monoisotopic (exact) mass is 1210 g/mol. The molecule has 0 bridgehead atoms. The fraction of sp³-hybridized carbons (Fsp3) is 0.600. The second-order valence-electron chi connectivity index (χ2n) is 7.63. The normalized spacial score (nSPS) is 5.74. The summed E-state index contributed by atoms with van der Waals surface area (Å²) in [6.45, 7) is 15.2. The summed E-state index contributed by atoms with van der Waals surface area (Å²) in [5, 5.41) is 107. The molecule has 0 amide bonds. The first-order valence-corrected chi connectivity index (χ1v) is 14.8. The number of carbonyl (C=O) groups excluding carboxylic acids is 12. The molecule has 0 saturated heterocycles. The molecule has 0 spiro atoms. The van der Waals surface area contributed by atoms with Gasteiger partial charge in [-0.2, -0.15) is 0 Å². The molecule has 0 heterocycles. The average Bonchev–Trinajstić information content (AvgIpc) is 2.94. The maximum atomic E-state index is 8.89. The molecule has 30 nitrogen and oxygen atoms in total. The Hall–Kier alpha value is -0.522. The van der Waals surface area contributed by atoms with Crippen molar-refractivity contribution in [2.75, 3.05) is 39.3 Å². The third-order valence-electron chi connectivity index (χ3n) is 0.500. The minimum absolute atomic E-state index is 0. The molecule has 12 N–H and O–H groups in total. The molecule has 0 fully saturated rings. The van der Waals surface area contributed by atoms with Gasteiger partial charge in [-0.1, -0.05) is 0 Å². The van der Waals surface area contributed by atoms with Gasteiger partial charge in [0.15, 0.2) is 0 Å². The van der Waals surface area contributed by atoms with E-state index in [9.17, 15) is 0 Å². The number of rotatable bonds is 3. The van der Waals surface area contributed by atoms with Crippen LogP contribution in [0.3, 0.4) is 0 Å². The van der Waals surface area contributed by atoms with Crippen LogP contribution in [0, 0.1) is 0 Å². The predicted octanol–water partition coefficient (Wildman–Crippen LogP) is -29.8. The van der Waals surface area contributed by atoms with Crippen LogP contribution < -0.4 is 214 Å².